The molecule has 0 atom stereocenters. The van der Waals surface area contributed by atoms with Gasteiger partial charge in [-0.2, -0.15) is 13.2 Å². The summed E-state index contributed by atoms with van der Waals surface area (Å²) >= 11 is 0. The van der Waals surface area contributed by atoms with Crippen molar-refractivity contribution in [3.8, 4) is 0 Å². The number of para-hydroxylation sites is 2. The third kappa shape index (κ3) is 3.18. The number of nitrogens with one attached hydrogen (secondary N) is 2. The third-order valence-corrected chi connectivity index (χ3v) is 3.33. The molecule has 7 heteroatoms. The lowest BCUT2D eigenvalue weighted by molar-refractivity contribution is -0.137. The Bertz CT molecular complexity index is 822. The highest BCUT2D eigenvalue weighted by molar-refractivity contribution is 5.95. The first-order chi connectivity index (χ1) is 10.9. The molecule has 1 heterocycles. The molecule has 2 N–H and O–H groups in total. The average molecular weight is 319 g/mol. The first-order valence-electron chi connectivity index (χ1n) is 6.83. The van der Waals surface area contributed by atoms with Crippen molar-refractivity contribution < 1.29 is 18.0 Å². The van der Waals surface area contributed by atoms with E-state index in [9.17, 15) is 18.0 Å². The summed E-state index contributed by atoms with van der Waals surface area (Å²) in [5.41, 5.74) is 0.165. The Morgan fingerprint density at radius 3 is 2.52 bits per heavy atom. The van der Waals surface area contributed by atoms with Crippen LogP contribution >= 0.6 is 0 Å². The molecule has 3 aromatic rings. The molecule has 0 aliphatic heterocycles. The van der Waals surface area contributed by atoms with Gasteiger partial charge >= 0.3 is 6.18 Å². The van der Waals surface area contributed by atoms with Crippen LogP contribution in [0.5, 0.6) is 0 Å². The summed E-state index contributed by atoms with van der Waals surface area (Å²) in [4.78, 5) is 19.3. The van der Waals surface area contributed by atoms with Crippen LogP contribution in [-0.2, 0) is 12.7 Å². The molecule has 0 spiro atoms. The van der Waals surface area contributed by atoms with Crippen LogP contribution < -0.4 is 5.32 Å². The summed E-state index contributed by atoms with van der Waals surface area (Å²) < 4.78 is 38.7. The zero-order valence-electron chi connectivity index (χ0n) is 11.8. The average Bonchev–Trinajstić information content (AvgIpc) is 2.94. The number of benzene rings is 2. The summed E-state index contributed by atoms with van der Waals surface area (Å²) in [7, 11) is 0. The molecule has 3 rings (SSSR count). The van der Waals surface area contributed by atoms with E-state index in [2.05, 4.69) is 15.3 Å². The van der Waals surface area contributed by atoms with Gasteiger partial charge in [0.2, 0.25) is 0 Å². The summed E-state index contributed by atoms with van der Waals surface area (Å²) in [5.74, 6) is -0.317. The topological polar surface area (TPSA) is 57.8 Å². The molecule has 0 aliphatic rings. The van der Waals surface area contributed by atoms with Crippen molar-refractivity contribution in [3.63, 3.8) is 0 Å². The van der Waals surface area contributed by atoms with E-state index in [0.29, 0.717) is 5.82 Å². The Kier molecular flexibility index (Phi) is 3.77. The highest BCUT2D eigenvalue weighted by Crippen LogP contribution is 2.31. The zero-order chi connectivity index (χ0) is 16.4. The Labute approximate surface area is 129 Å². The van der Waals surface area contributed by atoms with Gasteiger partial charge in [0.15, 0.2) is 0 Å². The molecule has 118 valence electrons. The number of fused-ring (bicyclic) bond motifs is 1. The number of hydrogen-bond donors (Lipinski definition) is 2. The second-order valence-electron chi connectivity index (χ2n) is 4.93. The minimum atomic E-state index is -4.58. The number of carbonyl (C=O) groups is 1. The smallest absolute Gasteiger partial charge is 0.345 e. The molecule has 2 aromatic carbocycles. The number of aromatic amines is 1. The number of alkyl halides is 3. The van der Waals surface area contributed by atoms with Crippen molar-refractivity contribution in [1.82, 2.24) is 15.3 Å². The van der Waals surface area contributed by atoms with Crippen LogP contribution in [0.3, 0.4) is 0 Å². The Hall–Kier alpha value is -2.83. The number of halogens is 3. The number of imidazole rings is 1. The molecule has 1 aromatic heterocycles. The van der Waals surface area contributed by atoms with Crippen molar-refractivity contribution in [3.05, 3.63) is 65.5 Å². The number of carbonyl (C=O) groups excluding carboxylic acids is 1. The lowest BCUT2D eigenvalue weighted by Crippen LogP contribution is -2.26. The predicted octanol–water partition coefficient (Wildman–Crippen LogP) is 3.51. The van der Waals surface area contributed by atoms with Gasteiger partial charge in [0.05, 0.1) is 28.7 Å². The fraction of sp³-hybridized carbons (Fsp3) is 0.125. The molecule has 0 bridgehead atoms. The summed E-state index contributed by atoms with van der Waals surface area (Å²) in [6, 6.07) is 12.0. The zero-order valence-corrected chi connectivity index (χ0v) is 11.8. The highest BCUT2D eigenvalue weighted by Gasteiger charge is 2.34. The van der Waals surface area contributed by atoms with Crippen LogP contribution in [0, 0.1) is 0 Å². The van der Waals surface area contributed by atoms with Crippen molar-refractivity contribution in [2.45, 2.75) is 12.7 Å². The highest BCUT2D eigenvalue weighted by atomic mass is 19.4. The van der Waals surface area contributed by atoms with Crippen LogP contribution in [0.25, 0.3) is 11.0 Å². The van der Waals surface area contributed by atoms with Gasteiger partial charge in [-0.3, -0.25) is 4.79 Å². The lowest BCUT2D eigenvalue weighted by Gasteiger charge is -2.12. The number of nitrogens with zero attached hydrogens (tertiary/aromatic N) is 1. The van der Waals surface area contributed by atoms with E-state index in [-0.39, 0.29) is 6.54 Å². The standard InChI is InChI=1S/C16H12F3N3O/c17-16(18,19)11-6-2-1-5-10(11)15(23)20-9-14-21-12-7-3-4-8-13(12)22-14/h1-8H,9H2,(H,20,23)(H,21,22). The second kappa shape index (κ2) is 5.75. The first kappa shape index (κ1) is 15.1. The van der Waals surface area contributed by atoms with Crippen LogP contribution in [0.2, 0.25) is 0 Å². The summed E-state index contributed by atoms with van der Waals surface area (Å²) in [5, 5.41) is 2.46. The minimum Gasteiger partial charge on any atom is -0.345 e. The van der Waals surface area contributed by atoms with Crippen LogP contribution in [0.4, 0.5) is 13.2 Å². The molecule has 4 nitrogen and oxygen atoms in total. The SMILES string of the molecule is O=C(NCc1nc2ccccc2[nH]1)c1ccccc1C(F)(F)F. The normalized spacial score (nSPS) is 11.6. The van der Waals surface area contributed by atoms with Crippen LogP contribution in [0.1, 0.15) is 21.7 Å². The van der Waals surface area contributed by atoms with Gasteiger partial charge in [0, 0.05) is 0 Å². The van der Waals surface area contributed by atoms with Gasteiger partial charge < -0.3 is 10.3 Å². The van der Waals surface area contributed by atoms with E-state index in [0.717, 1.165) is 23.2 Å². The molecule has 0 fully saturated rings. The van der Waals surface area contributed by atoms with Crippen molar-refractivity contribution in [1.29, 1.82) is 0 Å². The number of aromatic nitrogens is 2. The fourth-order valence-electron chi connectivity index (χ4n) is 2.28. The molecule has 0 aliphatic carbocycles. The molecule has 23 heavy (non-hydrogen) atoms. The lowest BCUT2D eigenvalue weighted by atomic mass is 10.1. The number of rotatable bonds is 3. The number of amides is 1. The van der Waals surface area contributed by atoms with E-state index in [1.165, 1.54) is 12.1 Å². The summed E-state index contributed by atoms with van der Waals surface area (Å²) in [6.45, 7) is 0.0136. The second-order valence-corrected chi connectivity index (χ2v) is 4.93. The molecule has 0 saturated carbocycles. The van der Waals surface area contributed by atoms with E-state index in [4.69, 9.17) is 0 Å². The number of H-pyrrole nitrogens is 1. The molecule has 0 saturated heterocycles. The minimum absolute atomic E-state index is 0.0136. The van der Waals surface area contributed by atoms with E-state index < -0.39 is 23.2 Å². The Balaban J connectivity index is 1.77. The maximum absolute atomic E-state index is 12.9. The molecule has 1 amide bonds. The fourth-order valence-corrected chi connectivity index (χ4v) is 2.28. The van der Waals surface area contributed by atoms with Crippen molar-refractivity contribution in [2.75, 3.05) is 0 Å². The van der Waals surface area contributed by atoms with E-state index in [1.807, 2.05) is 18.2 Å². The van der Waals surface area contributed by atoms with Gasteiger partial charge in [-0.05, 0) is 24.3 Å². The summed E-state index contributed by atoms with van der Waals surface area (Å²) in [6.07, 6.45) is -4.58. The molecule has 0 unspecified atom stereocenters. The maximum Gasteiger partial charge on any atom is 0.417 e. The van der Waals surface area contributed by atoms with Crippen LogP contribution in [0.15, 0.2) is 48.5 Å². The number of hydrogen-bond acceptors (Lipinski definition) is 2. The van der Waals surface area contributed by atoms with Crippen molar-refractivity contribution in [2.24, 2.45) is 0 Å². The first-order valence-corrected chi connectivity index (χ1v) is 6.83. The largest absolute Gasteiger partial charge is 0.417 e. The molecule has 0 radical (unpaired) electrons. The predicted molar refractivity (Wildman–Crippen MR) is 78.7 cm³/mol. The maximum atomic E-state index is 12.9. The Morgan fingerprint density at radius 1 is 1.09 bits per heavy atom. The van der Waals surface area contributed by atoms with E-state index in [1.54, 1.807) is 6.07 Å². The molecular weight excluding hydrogens is 307 g/mol. The van der Waals surface area contributed by atoms with Gasteiger partial charge in [0.1, 0.15) is 5.82 Å². The van der Waals surface area contributed by atoms with Gasteiger partial charge in [-0.15, -0.1) is 0 Å². The Morgan fingerprint density at radius 2 is 1.78 bits per heavy atom. The van der Waals surface area contributed by atoms with E-state index >= 15 is 0 Å². The van der Waals surface area contributed by atoms with Gasteiger partial charge in [-0.25, -0.2) is 4.98 Å². The third-order valence-electron chi connectivity index (χ3n) is 3.33. The quantitative estimate of drug-likeness (QED) is 0.776. The van der Waals surface area contributed by atoms with Crippen molar-refractivity contribution >= 4 is 16.9 Å². The monoisotopic (exact) mass is 319 g/mol. The molecular formula is C16H12F3N3O. The van der Waals surface area contributed by atoms with Gasteiger partial charge in [-0.1, -0.05) is 24.3 Å². The van der Waals surface area contributed by atoms with Crippen LogP contribution in [-0.4, -0.2) is 15.9 Å². The van der Waals surface area contributed by atoms with Gasteiger partial charge in [0.25, 0.3) is 5.91 Å².